The summed E-state index contributed by atoms with van der Waals surface area (Å²) in [7, 11) is 3.66. The lowest BCUT2D eigenvalue weighted by Crippen LogP contribution is -2.49. The van der Waals surface area contributed by atoms with E-state index < -0.39 is 0 Å². The molecule has 1 N–H and O–H groups in total. The number of aryl methyl sites for hydroxylation is 1. The van der Waals surface area contributed by atoms with Gasteiger partial charge in [0.25, 0.3) is 0 Å². The van der Waals surface area contributed by atoms with Crippen LogP contribution in [0.5, 0.6) is 11.5 Å². The molecule has 1 atom stereocenters. The van der Waals surface area contributed by atoms with Gasteiger partial charge in [-0.15, -0.1) is 0 Å². The van der Waals surface area contributed by atoms with Crippen LogP contribution >= 0.6 is 0 Å². The van der Waals surface area contributed by atoms with Crippen molar-refractivity contribution < 1.29 is 9.47 Å². The lowest BCUT2D eigenvalue weighted by molar-refractivity contribution is 0.183. The van der Waals surface area contributed by atoms with Crippen molar-refractivity contribution >= 4 is 17.5 Å². The van der Waals surface area contributed by atoms with Crippen LogP contribution in [0.25, 0.3) is 5.82 Å². The average molecular weight is 409 g/mol. The SMILES string of the molecule is COc1cc(Nc2ncc3c(n2)N(C)[C@@H](C(C)(C)C)CO3)cnc1-n1cnc(C)c1. The second kappa shape index (κ2) is 7.47. The van der Waals surface area contributed by atoms with Crippen LogP contribution < -0.4 is 19.7 Å². The molecule has 0 bridgehead atoms. The fourth-order valence-corrected chi connectivity index (χ4v) is 3.55. The molecule has 3 aromatic heterocycles. The molecular weight excluding hydrogens is 382 g/mol. The lowest BCUT2D eigenvalue weighted by atomic mass is 9.86. The van der Waals surface area contributed by atoms with E-state index in [2.05, 4.69) is 50.9 Å². The summed E-state index contributed by atoms with van der Waals surface area (Å²) in [6.45, 7) is 9.13. The van der Waals surface area contributed by atoms with Gasteiger partial charge in [-0.2, -0.15) is 4.98 Å². The molecule has 0 aromatic carbocycles. The highest BCUT2D eigenvalue weighted by Gasteiger charge is 2.35. The zero-order chi connectivity index (χ0) is 21.5. The summed E-state index contributed by atoms with van der Waals surface area (Å²) in [6.07, 6.45) is 7.02. The number of rotatable bonds is 4. The lowest BCUT2D eigenvalue weighted by Gasteiger charge is -2.42. The van der Waals surface area contributed by atoms with Gasteiger partial charge < -0.3 is 19.7 Å². The number of pyridine rings is 1. The number of anilines is 3. The summed E-state index contributed by atoms with van der Waals surface area (Å²) >= 11 is 0. The number of aromatic nitrogens is 5. The Kier molecular flexibility index (Phi) is 4.97. The van der Waals surface area contributed by atoms with Gasteiger partial charge in [-0.25, -0.2) is 15.0 Å². The maximum absolute atomic E-state index is 5.91. The summed E-state index contributed by atoms with van der Waals surface area (Å²) in [6, 6.07) is 2.07. The number of fused-ring (bicyclic) bond motifs is 1. The van der Waals surface area contributed by atoms with E-state index in [-0.39, 0.29) is 11.5 Å². The summed E-state index contributed by atoms with van der Waals surface area (Å²) < 4.78 is 13.3. The number of likely N-dealkylation sites (N-methyl/N-ethyl adjacent to an activating group) is 1. The number of imidazole rings is 1. The molecule has 9 nitrogen and oxygen atoms in total. The van der Waals surface area contributed by atoms with Crippen molar-refractivity contribution in [1.82, 2.24) is 24.5 Å². The number of nitrogens with one attached hydrogen (secondary N) is 1. The average Bonchev–Trinajstić information content (AvgIpc) is 3.13. The highest BCUT2D eigenvalue weighted by molar-refractivity contribution is 5.62. The second-order valence-corrected chi connectivity index (χ2v) is 8.48. The Hall–Kier alpha value is -3.36. The molecular formula is C21H27N7O2. The van der Waals surface area contributed by atoms with Gasteiger partial charge in [-0.1, -0.05) is 20.8 Å². The Labute approximate surface area is 176 Å². The molecule has 1 aliphatic rings. The monoisotopic (exact) mass is 409 g/mol. The number of nitrogens with zero attached hydrogens (tertiary/aromatic N) is 6. The van der Waals surface area contributed by atoms with Crippen LogP contribution in [0.4, 0.5) is 17.5 Å². The third-order valence-corrected chi connectivity index (χ3v) is 5.20. The van der Waals surface area contributed by atoms with E-state index in [4.69, 9.17) is 9.47 Å². The van der Waals surface area contributed by atoms with Crippen molar-refractivity contribution in [2.45, 2.75) is 33.7 Å². The fourth-order valence-electron chi connectivity index (χ4n) is 3.55. The minimum Gasteiger partial charge on any atom is -0.493 e. The van der Waals surface area contributed by atoms with Gasteiger partial charge in [0, 0.05) is 19.3 Å². The third kappa shape index (κ3) is 3.74. The van der Waals surface area contributed by atoms with Crippen LogP contribution in [0.15, 0.2) is 31.0 Å². The summed E-state index contributed by atoms with van der Waals surface area (Å²) in [5.74, 6) is 3.20. The summed E-state index contributed by atoms with van der Waals surface area (Å²) in [5.41, 5.74) is 1.69. The number of hydrogen-bond donors (Lipinski definition) is 1. The van der Waals surface area contributed by atoms with Gasteiger partial charge in [0.2, 0.25) is 5.95 Å². The van der Waals surface area contributed by atoms with Crippen molar-refractivity contribution in [2.75, 3.05) is 31.0 Å². The first-order chi connectivity index (χ1) is 14.3. The van der Waals surface area contributed by atoms with Crippen molar-refractivity contribution in [1.29, 1.82) is 0 Å². The molecule has 0 unspecified atom stereocenters. The van der Waals surface area contributed by atoms with E-state index in [1.807, 2.05) is 30.8 Å². The smallest absolute Gasteiger partial charge is 0.229 e. The first-order valence-corrected chi connectivity index (χ1v) is 9.81. The maximum atomic E-state index is 5.91. The zero-order valence-electron chi connectivity index (χ0n) is 18.2. The van der Waals surface area contributed by atoms with Crippen molar-refractivity contribution in [3.63, 3.8) is 0 Å². The molecule has 0 amide bonds. The Morgan fingerprint density at radius 3 is 2.63 bits per heavy atom. The van der Waals surface area contributed by atoms with Crippen molar-refractivity contribution in [3.05, 3.63) is 36.7 Å². The van der Waals surface area contributed by atoms with Crippen LogP contribution in [-0.4, -0.2) is 51.3 Å². The molecule has 0 saturated carbocycles. The van der Waals surface area contributed by atoms with E-state index in [1.54, 1.807) is 25.8 Å². The van der Waals surface area contributed by atoms with Crippen LogP contribution in [-0.2, 0) is 0 Å². The van der Waals surface area contributed by atoms with Gasteiger partial charge >= 0.3 is 0 Å². The summed E-state index contributed by atoms with van der Waals surface area (Å²) in [4.78, 5) is 20.0. The minimum atomic E-state index is 0.0593. The number of methoxy groups -OCH3 is 1. The molecule has 3 aromatic rings. The zero-order valence-corrected chi connectivity index (χ0v) is 18.2. The predicted octanol–water partition coefficient (Wildman–Crippen LogP) is 3.36. The molecule has 0 saturated heterocycles. The van der Waals surface area contributed by atoms with Gasteiger partial charge in [-0.3, -0.25) is 4.57 Å². The molecule has 0 aliphatic carbocycles. The van der Waals surface area contributed by atoms with E-state index >= 15 is 0 Å². The highest BCUT2D eigenvalue weighted by atomic mass is 16.5. The van der Waals surface area contributed by atoms with E-state index in [0.29, 0.717) is 29.9 Å². The first kappa shape index (κ1) is 19.9. The van der Waals surface area contributed by atoms with E-state index in [1.165, 1.54) is 0 Å². The highest BCUT2D eigenvalue weighted by Crippen LogP contribution is 2.37. The van der Waals surface area contributed by atoms with Gasteiger partial charge in [0.1, 0.15) is 12.9 Å². The Balaban J connectivity index is 1.60. The Morgan fingerprint density at radius 1 is 1.17 bits per heavy atom. The van der Waals surface area contributed by atoms with E-state index in [9.17, 15) is 0 Å². The molecule has 4 heterocycles. The van der Waals surface area contributed by atoms with Crippen LogP contribution in [0.1, 0.15) is 26.5 Å². The number of ether oxygens (including phenoxy) is 2. The maximum Gasteiger partial charge on any atom is 0.229 e. The summed E-state index contributed by atoms with van der Waals surface area (Å²) in [5, 5.41) is 3.21. The van der Waals surface area contributed by atoms with Gasteiger partial charge in [0.05, 0.1) is 36.9 Å². The van der Waals surface area contributed by atoms with Crippen LogP contribution in [0.3, 0.4) is 0 Å². The van der Waals surface area contributed by atoms with Crippen molar-refractivity contribution in [3.8, 4) is 17.3 Å². The third-order valence-electron chi connectivity index (χ3n) is 5.20. The standard InChI is InChI=1S/C21H27N7O2/c1-13-10-28(12-24-13)18-15(29-6)7-14(8-22-18)25-20-23-9-16-19(26-20)27(5)17(11-30-16)21(2,3)4/h7-10,12,17H,11H2,1-6H3,(H,23,25,26)/t17-/m1/s1. The Morgan fingerprint density at radius 2 is 1.97 bits per heavy atom. The Bertz CT molecular complexity index is 1060. The first-order valence-electron chi connectivity index (χ1n) is 9.81. The van der Waals surface area contributed by atoms with Gasteiger partial charge in [-0.05, 0) is 12.3 Å². The number of hydrogen-bond acceptors (Lipinski definition) is 8. The van der Waals surface area contributed by atoms with E-state index in [0.717, 1.165) is 17.2 Å². The molecule has 158 valence electrons. The molecule has 30 heavy (non-hydrogen) atoms. The fraction of sp³-hybridized carbons (Fsp3) is 0.429. The predicted molar refractivity (Wildman–Crippen MR) is 115 cm³/mol. The normalized spacial score (nSPS) is 16.1. The molecule has 0 spiro atoms. The molecule has 9 heteroatoms. The van der Waals surface area contributed by atoms with Crippen molar-refractivity contribution in [2.24, 2.45) is 5.41 Å². The molecule has 1 aliphatic heterocycles. The largest absolute Gasteiger partial charge is 0.493 e. The van der Waals surface area contributed by atoms with Crippen LogP contribution in [0.2, 0.25) is 0 Å². The van der Waals surface area contributed by atoms with Gasteiger partial charge in [0.15, 0.2) is 23.1 Å². The molecule has 0 fully saturated rings. The van der Waals surface area contributed by atoms with Crippen LogP contribution in [0, 0.1) is 12.3 Å². The quantitative estimate of drug-likeness (QED) is 0.702. The second-order valence-electron chi connectivity index (χ2n) is 8.48. The topological polar surface area (TPSA) is 90.2 Å². The molecule has 0 radical (unpaired) electrons. The molecule has 4 rings (SSSR count). The minimum absolute atomic E-state index is 0.0593.